The molecule has 1 aromatic carbocycles. The summed E-state index contributed by atoms with van der Waals surface area (Å²) in [5.74, 6) is -0.366. The third-order valence-electron chi connectivity index (χ3n) is 1.62. The molecule has 0 saturated heterocycles. The first kappa shape index (κ1) is 9.86. The molecule has 0 unspecified atom stereocenters. The lowest BCUT2D eigenvalue weighted by Gasteiger charge is -2.03. The largest absolute Gasteiger partial charge is 0.507 e. The van der Waals surface area contributed by atoms with Gasteiger partial charge in [0, 0.05) is 5.88 Å². The fraction of sp³-hybridized carbons (Fsp3) is 0.222. The molecule has 1 N–H and O–H groups in total. The van der Waals surface area contributed by atoms with Crippen LogP contribution in [0.5, 0.6) is 5.75 Å². The van der Waals surface area contributed by atoms with E-state index < -0.39 is 5.97 Å². The van der Waals surface area contributed by atoms with Gasteiger partial charge in [0.15, 0.2) is 0 Å². The van der Waals surface area contributed by atoms with Gasteiger partial charge in [-0.3, -0.25) is 0 Å². The minimum Gasteiger partial charge on any atom is -0.507 e. The number of alkyl halides is 1. The molecule has 0 fully saturated rings. The van der Waals surface area contributed by atoms with E-state index >= 15 is 0 Å². The van der Waals surface area contributed by atoms with Crippen molar-refractivity contribution in [2.24, 2.45) is 0 Å². The molecule has 1 rings (SSSR count). The summed E-state index contributed by atoms with van der Waals surface area (Å²) in [5.41, 5.74) is 0.903. The third-order valence-corrected chi connectivity index (χ3v) is 1.93. The van der Waals surface area contributed by atoms with Gasteiger partial charge in [-0.15, -0.1) is 11.6 Å². The Kier molecular flexibility index (Phi) is 3.14. The number of ether oxygens (including phenoxy) is 1. The fourth-order valence-electron chi connectivity index (χ4n) is 0.940. The maximum atomic E-state index is 11.1. The molecule has 0 bridgehead atoms. The molecule has 0 aliphatic rings. The van der Waals surface area contributed by atoms with Gasteiger partial charge in [0.1, 0.15) is 11.3 Å². The van der Waals surface area contributed by atoms with Crippen LogP contribution >= 0.6 is 11.6 Å². The number of phenols is 1. The molecular formula is C9H9ClO3. The zero-order valence-corrected chi connectivity index (χ0v) is 7.84. The van der Waals surface area contributed by atoms with E-state index in [2.05, 4.69) is 4.74 Å². The van der Waals surface area contributed by atoms with Crippen LogP contribution in [0.3, 0.4) is 0 Å². The van der Waals surface area contributed by atoms with E-state index in [4.69, 9.17) is 11.6 Å². The molecule has 0 aliphatic heterocycles. The fourth-order valence-corrected chi connectivity index (χ4v) is 1.11. The van der Waals surface area contributed by atoms with E-state index in [1.54, 1.807) is 6.07 Å². The number of hydrogen-bond donors (Lipinski definition) is 1. The molecule has 0 heterocycles. The van der Waals surface area contributed by atoms with E-state index in [9.17, 15) is 9.90 Å². The highest BCUT2D eigenvalue weighted by Crippen LogP contribution is 2.20. The maximum absolute atomic E-state index is 11.1. The highest BCUT2D eigenvalue weighted by Gasteiger charge is 2.11. The lowest BCUT2D eigenvalue weighted by Crippen LogP contribution is -2.02. The van der Waals surface area contributed by atoms with Crippen molar-refractivity contribution in [1.29, 1.82) is 0 Å². The van der Waals surface area contributed by atoms with Gasteiger partial charge in [0.2, 0.25) is 0 Å². The first-order valence-corrected chi connectivity index (χ1v) is 4.18. The van der Waals surface area contributed by atoms with Crippen LogP contribution < -0.4 is 0 Å². The zero-order valence-electron chi connectivity index (χ0n) is 7.08. The summed E-state index contributed by atoms with van der Waals surface area (Å²) in [7, 11) is 1.26. The Labute approximate surface area is 80.9 Å². The van der Waals surface area contributed by atoms with Crippen molar-refractivity contribution < 1.29 is 14.6 Å². The van der Waals surface area contributed by atoms with Crippen molar-refractivity contribution in [2.45, 2.75) is 5.88 Å². The number of carbonyl (C=O) groups excluding carboxylic acids is 1. The van der Waals surface area contributed by atoms with Crippen LogP contribution in [0.2, 0.25) is 0 Å². The smallest absolute Gasteiger partial charge is 0.341 e. The summed E-state index contributed by atoms with van der Waals surface area (Å²) in [5, 5.41) is 9.29. The van der Waals surface area contributed by atoms with E-state index in [1.807, 2.05) is 0 Å². The van der Waals surface area contributed by atoms with Crippen molar-refractivity contribution in [3.8, 4) is 5.75 Å². The first-order chi connectivity index (χ1) is 6.19. The van der Waals surface area contributed by atoms with Crippen LogP contribution in [0, 0.1) is 0 Å². The van der Waals surface area contributed by atoms with Gasteiger partial charge in [-0.05, 0) is 17.7 Å². The van der Waals surface area contributed by atoms with Crippen LogP contribution in [0.1, 0.15) is 15.9 Å². The Morgan fingerprint density at radius 2 is 2.31 bits per heavy atom. The average Bonchev–Trinajstić information content (AvgIpc) is 2.17. The molecule has 0 radical (unpaired) electrons. The molecule has 0 aromatic heterocycles. The molecule has 0 atom stereocenters. The summed E-state index contributed by atoms with van der Waals surface area (Å²) in [6, 6.07) is 4.58. The number of esters is 1. The Morgan fingerprint density at radius 3 is 2.85 bits per heavy atom. The molecule has 1 aromatic rings. The highest BCUT2D eigenvalue weighted by molar-refractivity contribution is 6.17. The molecule has 70 valence electrons. The van der Waals surface area contributed by atoms with Crippen LogP contribution in [-0.4, -0.2) is 18.2 Å². The van der Waals surface area contributed by atoms with Gasteiger partial charge in [0.05, 0.1) is 7.11 Å². The van der Waals surface area contributed by atoms with E-state index in [1.165, 1.54) is 19.2 Å². The number of phenolic OH excluding ortho intramolecular Hbond substituents is 1. The lowest BCUT2D eigenvalue weighted by molar-refractivity contribution is 0.0597. The minimum atomic E-state index is -0.565. The Balaban J connectivity index is 3.11. The van der Waals surface area contributed by atoms with Crippen molar-refractivity contribution in [3.05, 3.63) is 29.3 Å². The number of aromatic hydroxyl groups is 1. The molecule has 4 heteroatoms. The second kappa shape index (κ2) is 4.14. The van der Waals surface area contributed by atoms with Crippen molar-refractivity contribution in [1.82, 2.24) is 0 Å². The van der Waals surface area contributed by atoms with Gasteiger partial charge < -0.3 is 9.84 Å². The lowest BCUT2D eigenvalue weighted by atomic mass is 10.1. The van der Waals surface area contributed by atoms with Gasteiger partial charge in [0.25, 0.3) is 0 Å². The van der Waals surface area contributed by atoms with E-state index in [-0.39, 0.29) is 11.3 Å². The molecule has 0 aliphatic carbocycles. The zero-order chi connectivity index (χ0) is 9.84. The van der Waals surface area contributed by atoms with Gasteiger partial charge >= 0.3 is 5.97 Å². The van der Waals surface area contributed by atoms with E-state index in [0.717, 1.165) is 5.56 Å². The Hall–Kier alpha value is -1.22. The summed E-state index contributed by atoms with van der Waals surface area (Å²) < 4.78 is 4.47. The third kappa shape index (κ3) is 2.12. The van der Waals surface area contributed by atoms with Crippen molar-refractivity contribution >= 4 is 17.6 Å². The second-order valence-electron chi connectivity index (χ2n) is 2.48. The van der Waals surface area contributed by atoms with Gasteiger partial charge in [-0.25, -0.2) is 4.79 Å². The predicted molar refractivity (Wildman–Crippen MR) is 49.0 cm³/mol. The van der Waals surface area contributed by atoms with Crippen LogP contribution in [0.25, 0.3) is 0 Å². The summed E-state index contributed by atoms with van der Waals surface area (Å²) in [4.78, 5) is 11.1. The normalized spacial score (nSPS) is 9.69. The number of rotatable bonds is 2. The molecule has 13 heavy (non-hydrogen) atoms. The average molecular weight is 201 g/mol. The quantitative estimate of drug-likeness (QED) is 0.586. The number of carbonyl (C=O) groups is 1. The Morgan fingerprint density at radius 1 is 1.62 bits per heavy atom. The van der Waals surface area contributed by atoms with Crippen molar-refractivity contribution in [3.63, 3.8) is 0 Å². The number of methoxy groups -OCH3 is 1. The highest BCUT2D eigenvalue weighted by atomic mass is 35.5. The van der Waals surface area contributed by atoms with Crippen LogP contribution in [0.4, 0.5) is 0 Å². The number of benzene rings is 1. The summed E-state index contributed by atoms with van der Waals surface area (Å²) >= 11 is 5.57. The molecule has 3 nitrogen and oxygen atoms in total. The molecule has 0 saturated carbocycles. The second-order valence-corrected chi connectivity index (χ2v) is 2.74. The van der Waals surface area contributed by atoms with Crippen LogP contribution in [0.15, 0.2) is 18.2 Å². The van der Waals surface area contributed by atoms with Crippen molar-refractivity contribution in [2.75, 3.05) is 7.11 Å². The SMILES string of the molecule is COC(=O)c1cc(CCl)ccc1O. The van der Waals surface area contributed by atoms with Crippen LogP contribution in [-0.2, 0) is 10.6 Å². The summed E-state index contributed by atoms with van der Waals surface area (Å²) in [6.07, 6.45) is 0. The topological polar surface area (TPSA) is 46.5 Å². The van der Waals surface area contributed by atoms with Gasteiger partial charge in [-0.1, -0.05) is 6.07 Å². The maximum Gasteiger partial charge on any atom is 0.341 e. The first-order valence-electron chi connectivity index (χ1n) is 3.65. The Bertz CT molecular complexity index is 323. The number of hydrogen-bond acceptors (Lipinski definition) is 3. The molecular weight excluding hydrogens is 192 g/mol. The van der Waals surface area contributed by atoms with E-state index in [0.29, 0.717) is 5.88 Å². The summed E-state index contributed by atoms with van der Waals surface area (Å²) in [6.45, 7) is 0. The standard InChI is InChI=1S/C9H9ClO3/c1-13-9(12)7-4-6(5-10)2-3-8(7)11/h2-4,11H,5H2,1H3. The predicted octanol–water partition coefficient (Wildman–Crippen LogP) is 1.92. The molecule has 0 amide bonds. The van der Waals surface area contributed by atoms with Gasteiger partial charge in [-0.2, -0.15) is 0 Å². The minimum absolute atomic E-state index is 0.0966. The monoisotopic (exact) mass is 200 g/mol. The molecule has 0 spiro atoms. The number of halogens is 1.